The quantitative estimate of drug-likeness (QED) is 0.859. The Balaban J connectivity index is 2.33. The molecule has 1 atom stereocenters. The first kappa shape index (κ1) is 15.1. The highest BCUT2D eigenvalue weighted by atomic mass is 79.9. The van der Waals surface area contributed by atoms with Crippen molar-refractivity contribution < 1.29 is 0 Å². The van der Waals surface area contributed by atoms with Crippen LogP contribution in [0.4, 0.5) is 5.69 Å². The Morgan fingerprint density at radius 2 is 2.11 bits per heavy atom. The minimum Gasteiger partial charge on any atom is -0.365 e. The molecule has 0 amide bonds. The number of hydrogen-bond donors (Lipinski definition) is 1. The van der Waals surface area contributed by atoms with Crippen molar-refractivity contribution in [3.63, 3.8) is 0 Å². The zero-order valence-electron chi connectivity index (χ0n) is 12.0. The van der Waals surface area contributed by atoms with Crippen LogP contribution in [0.2, 0.25) is 5.02 Å². The maximum Gasteiger partial charge on any atom is 0.0568 e. The van der Waals surface area contributed by atoms with Crippen LogP contribution in [-0.4, -0.2) is 24.7 Å². The van der Waals surface area contributed by atoms with E-state index in [2.05, 4.69) is 66.0 Å². The van der Waals surface area contributed by atoms with Gasteiger partial charge in [-0.25, -0.2) is 0 Å². The SMILES string of the molecule is CC(C)C1CNC(C)(C)CN1c1ccc(Br)c(Cl)c1. The molecule has 0 spiro atoms. The average molecular weight is 346 g/mol. The normalized spacial score (nSPS) is 22.9. The Hall–Kier alpha value is -0.250. The molecule has 1 fully saturated rings. The first-order valence-electron chi connectivity index (χ1n) is 6.77. The first-order chi connectivity index (χ1) is 8.80. The van der Waals surface area contributed by atoms with Crippen molar-refractivity contribution in [2.75, 3.05) is 18.0 Å². The van der Waals surface area contributed by atoms with E-state index in [-0.39, 0.29) is 5.54 Å². The number of rotatable bonds is 2. The number of nitrogens with zero attached hydrogens (tertiary/aromatic N) is 1. The molecule has 19 heavy (non-hydrogen) atoms. The molecule has 1 aromatic carbocycles. The second kappa shape index (κ2) is 5.63. The molecule has 1 saturated heterocycles. The smallest absolute Gasteiger partial charge is 0.0568 e. The molecule has 106 valence electrons. The second-order valence-corrected chi connectivity index (χ2v) is 7.56. The van der Waals surface area contributed by atoms with Crippen molar-refractivity contribution in [2.45, 2.75) is 39.3 Å². The van der Waals surface area contributed by atoms with E-state index in [1.165, 1.54) is 5.69 Å². The van der Waals surface area contributed by atoms with Crippen LogP contribution in [0.15, 0.2) is 22.7 Å². The Morgan fingerprint density at radius 3 is 2.68 bits per heavy atom. The third-order valence-electron chi connectivity index (χ3n) is 3.76. The molecule has 1 N–H and O–H groups in total. The largest absolute Gasteiger partial charge is 0.365 e. The maximum absolute atomic E-state index is 6.24. The summed E-state index contributed by atoms with van der Waals surface area (Å²) in [5, 5.41) is 4.41. The van der Waals surface area contributed by atoms with Gasteiger partial charge in [0.2, 0.25) is 0 Å². The summed E-state index contributed by atoms with van der Waals surface area (Å²) in [4.78, 5) is 2.49. The van der Waals surface area contributed by atoms with Gasteiger partial charge in [-0.1, -0.05) is 25.4 Å². The van der Waals surface area contributed by atoms with E-state index in [0.29, 0.717) is 12.0 Å². The zero-order valence-corrected chi connectivity index (χ0v) is 14.3. The Labute approximate surface area is 129 Å². The molecule has 4 heteroatoms. The molecule has 0 bridgehead atoms. The summed E-state index contributed by atoms with van der Waals surface area (Å²) in [7, 11) is 0. The Morgan fingerprint density at radius 1 is 1.42 bits per heavy atom. The fourth-order valence-corrected chi connectivity index (χ4v) is 3.05. The molecular weight excluding hydrogens is 324 g/mol. The highest BCUT2D eigenvalue weighted by molar-refractivity contribution is 9.10. The molecule has 0 aliphatic carbocycles. The van der Waals surface area contributed by atoms with E-state index in [1.807, 2.05) is 6.07 Å². The maximum atomic E-state index is 6.24. The highest BCUT2D eigenvalue weighted by Crippen LogP contribution is 2.32. The predicted octanol–water partition coefficient (Wildman–Crippen LogP) is 4.32. The summed E-state index contributed by atoms with van der Waals surface area (Å²) >= 11 is 9.70. The first-order valence-corrected chi connectivity index (χ1v) is 7.94. The minimum atomic E-state index is 0.130. The zero-order chi connectivity index (χ0) is 14.2. The summed E-state index contributed by atoms with van der Waals surface area (Å²) in [6.45, 7) is 11.1. The average Bonchev–Trinajstić information content (AvgIpc) is 2.31. The molecule has 2 nitrogen and oxygen atoms in total. The van der Waals surface area contributed by atoms with Gasteiger partial charge in [0.05, 0.1) is 5.02 Å². The fourth-order valence-electron chi connectivity index (χ4n) is 2.63. The van der Waals surface area contributed by atoms with Crippen molar-refractivity contribution in [2.24, 2.45) is 5.92 Å². The summed E-state index contributed by atoms with van der Waals surface area (Å²) in [5.74, 6) is 0.603. The van der Waals surface area contributed by atoms with Crippen molar-refractivity contribution in [1.29, 1.82) is 0 Å². The molecule has 1 unspecified atom stereocenters. The Bertz CT molecular complexity index is 459. The second-order valence-electron chi connectivity index (χ2n) is 6.30. The summed E-state index contributed by atoms with van der Waals surface area (Å²) in [6, 6.07) is 6.74. The monoisotopic (exact) mass is 344 g/mol. The summed E-state index contributed by atoms with van der Waals surface area (Å²) in [5.41, 5.74) is 1.34. The van der Waals surface area contributed by atoms with Crippen molar-refractivity contribution in [3.8, 4) is 0 Å². The lowest BCUT2D eigenvalue weighted by molar-refractivity contribution is 0.277. The molecule has 0 radical (unpaired) electrons. The number of nitrogens with one attached hydrogen (secondary N) is 1. The van der Waals surface area contributed by atoms with Gasteiger partial charge >= 0.3 is 0 Å². The van der Waals surface area contributed by atoms with Crippen LogP contribution >= 0.6 is 27.5 Å². The van der Waals surface area contributed by atoms with E-state index in [9.17, 15) is 0 Å². The fraction of sp³-hybridized carbons (Fsp3) is 0.600. The van der Waals surface area contributed by atoms with Crippen LogP contribution in [0, 0.1) is 5.92 Å². The number of anilines is 1. The third kappa shape index (κ3) is 3.45. The molecule has 0 aromatic heterocycles. The van der Waals surface area contributed by atoms with E-state index >= 15 is 0 Å². The van der Waals surface area contributed by atoms with Gasteiger partial charge in [0, 0.05) is 34.8 Å². The van der Waals surface area contributed by atoms with Crippen LogP contribution in [-0.2, 0) is 0 Å². The van der Waals surface area contributed by atoms with Gasteiger partial charge in [-0.2, -0.15) is 0 Å². The molecule has 2 rings (SSSR count). The molecule has 1 heterocycles. The van der Waals surface area contributed by atoms with Crippen molar-refractivity contribution in [1.82, 2.24) is 5.32 Å². The minimum absolute atomic E-state index is 0.130. The summed E-state index contributed by atoms with van der Waals surface area (Å²) in [6.07, 6.45) is 0. The number of hydrogen-bond acceptors (Lipinski definition) is 2. The lowest BCUT2D eigenvalue weighted by Gasteiger charge is -2.47. The molecule has 1 aliphatic heterocycles. The summed E-state index contributed by atoms with van der Waals surface area (Å²) < 4.78 is 0.952. The number of halogens is 2. The highest BCUT2D eigenvalue weighted by Gasteiger charge is 2.34. The van der Waals surface area contributed by atoms with E-state index < -0.39 is 0 Å². The lowest BCUT2D eigenvalue weighted by atomic mass is 9.92. The van der Waals surface area contributed by atoms with Gasteiger partial charge in [0.25, 0.3) is 0 Å². The Kier molecular flexibility index (Phi) is 4.49. The van der Waals surface area contributed by atoms with Crippen molar-refractivity contribution in [3.05, 3.63) is 27.7 Å². The van der Waals surface area contributed by atoms with Gasteiger partial charge in [-0.3, -0.25) is 0 Å². The van der Waals surface area contributed by atoms with Crippen LogP contribution in [0.1, 0.15) is 27.7 Å². The van der Waals surface area contributed by atoms with E-state index in [4.69, 9.17) is 11.6 Å². The van der Waals surface area contributed by atoms with Crippen LogP contribution in [0.3, 0.4) is 0 Å². The van der Waals surface area contributed by atoms with Gasteiger partial charge in [-0.05, 0) is 53.9 Å². The van der Waals surface area contributed by atoms with Gasteiger partial charge in [0.15, 0.2) is 0 Å². The molecule has 1 aromatic rings. The van der Waals surface area contributed by atoms with Crippen LogP contribution in [0.5, 0.6) is 0 Å². The predicted molar refractivity (Wildman–Crippen MR) is 87.2 cm³/mol. The lowest BCUT2D eigenvalue weighted by Crippen LogP contribution is -2.63. The van der Waals surface area contributed by atoms with Gasteiger partial charge in [-0.15, -0.1) is 0 Å². The molecule has 1 aliphatic rings. The van der Waals surface area contributed by atoms with Gasteiger partial charge < -0.3 is 10.2 Å². The number of piperazine rings is 1. The molecule has 0 saturated carbocycles. The third-order valence-corrected chi connectivity index (χ3v) is 4.99. The topological polar surface area (TPSA) is 15.3 Å². The van der Waals surface area contributed by atoms with E-state index in [0.717, 1.165) is 22.6 Å². The van der Waals surface area contributed by atoms with Gasteiger partial charge in [0.1, 0.15) is 0 Å². The standard InChI is InChI=1S/C15H22BrClN2/c1-10(2)14-8-18-15(3,4)9-19(14)11-5-6-12(16)13(17)7-11/h5-7,10,14,18H,8-9H2,1-4H3. The van der Waals surface area contributed by atoms with E-state index in [1.54, 1.807) is 0 Å². The molecular formula is C15H22BrClN2. The van der Waals surface area contributed by atoms with Crippen LogP contribution < -0.4 is 10.2 Å². The van der Waals surface area contributed by atoms with Crippen molar-refractivity contribution >= 4 is 33.2 Å². The van der Waals surface area contributed by atoms with Crippen LogP contribution in [0.25, 0.3) is 0 Å². The number of benzene rings is 1.